The van der Waals surface area contributed by atoms with Crippen LogP contribution in [0.2, 0.25) is 0 Å². The van der Waals surface area contributed by atoms with Crippen LogP contribution in [0.3, 0.4) is 0 Å². The summed E-state index contributed by atoms with van der Waals surface area (Å²) < 4.78 is 29.2. The molecule has 9 heteroatoms. The number of sulfone groups is 1. The highest BCUT2D eigenvalue weighted by atomic mass is 32.2. The number of nitrogens with zero attached hydrogens (tertiary/aromatic N) is 2. The monoisotopic (exact) mass is 538 g/mol. The second-order valence-corrected chi connectivity index (χ2v) is 11.4. The van der Waals surface area contributed by atoms with Gasteiger partial charge in [0.2, 0.25) is 11.8 Å². The summed E-state index contributed by atoms with van der Waals surface area (Å²) in [5, 5.41) is 7.70. The molecule has 0 unspecified atom stereocenters. The van der Waals surface area contributed by atoms with Crippen molar-refractivity contribution in [2.45, 2.75) is 12.7 Å². The molecule has 0 aliphatic carbocycles. The van der Waals surface area contributed by atoms with E-state index in [0.29, 0.717) is 34.4 Å². The Morgan fingerprint density at radius 1 is 0.897 bits per heavy atom. The number of aryl methyl sites for hydroxylation is 1. The van der Waals surface area contributed by atoms with Crippen molar-refractivity contribution in [3.05, 3.63) is 114 Å². The van der Waals surface area contributed by atoms with E-state index in [0.717, 1.165) is 22.0 Å². The number of nitrogens with one attached hydrogen (secondary N) is 2. The molecule has 8 nitrogen and oxygen atoms in total. The molecule has 0 atom stereocenters. The minimum Gasteiger partial charge on any atom is -0.439 e. The first-order valence-electron chi connectivity index (χ1n) is 12.2. The fraction of sp³-hybridized carbons (Fsp3) is 0.100. The Morgan fingerprint density at radius 3 is 2.51 bits per heavy atom. The smallest absolute Gasteiger partial charge is 0.256 e. The number of carbonyl (C=O) groups is 1. The molecule has 196 valence electrons. The van der Waals surface area contributed by atoms with Crippen molar-refractivity contribution in [2.24, 2.45) is 0 Å². The Labute approximate surface area is 226 Å². The number of amides is 1. The van der Waals surface area contributed by atoms with Crippen molar-refractivity contribution >= 4 is 43.8 Å². The third-order valence-electron chi connectivity index (χ3n) is 5.84. The van der Waals surface area contributed by atoms with Gasteiger partial charge in [-0.05, 0) is 77.4 Å². The summed E-state index contributed by atoms with van der Waals surface area (Å²) in [6, 6.07) is 27.4. The van der Waals surface area contributed by atoms with Crippen LogP contribution in [0.25, 0.3) is 10.8 Å². The van der Waals surface area contributed by atoms with Crippen molar-refractivity contribution in [1.82, 2.24) is 9.97 Å². The highest BCUT2D eigenvalue weighted by molar-refractivity contribution is 7.89. The van der Waals surface area contributed by atoms with Crippen LogP contribution < -0.4 is 15.4 Å². The van der Waals surface area contributed by atoms with Gasteiger partial charge in [-0.25, -0.2) is 13.4 Å². The fourth-order valence-electron chi connectivity index (χ4n) is 4.20. The number of ether oxygens (including phenoxy) is 1. The lowest BCUT2D eigenvalue weighted by Gasteiger charge is -2.11. The minimum absolute atomic E-state index is 0.0518. The molecular weight excluding hydrogens is 512 g/mol. The van der Waals surface area contributed by atoms with Gasteiger partial charge in [-0.3, -0.25) is 4.79 Å². The van der Waals surface area contributed by atoms with Gasteiger partial charge in [0, 0.05) is 35.5 Å². The predicted molar refractivity (Wildman–Crippen MR) is 153 cm³/mol. The Kier molecular flexibility index (Phi) is 7.25. The van der Waals surface area contributed by atoms with E-state index in [1.54, 1.807) is 48.7 Å². The molecule has 1 heterocycles. The maximum atomic E-state index is 13.0. The zero-order valence-corrected chi connectivity index (χ0v) is 22.2. The normalized spacial score (nSPS) is 11.2. The average molecular weight is 539 g/mol. The van der Waals surface area contributed by atoms with Crippen molar-refractivity contribution in [1.29, 1.82) is 0 Å². The molecule has 0 aliphatic rings. The molecule has 2 N–H and O–H groups in total. The highest BCUT2D eigenvalue weighted by Gasteiger charge is 2.12. The Balaban J connectivity index is 1.32. The Hall–Kier alpha value is -4.76. The van der Waals surface area contributed by atoms with Crippen LogP contribution in [0.15, 0.2) is 97.2 Å². The molecule has 0 radical (unpaired) electrons. The second kappa shape index (κ2) is 10.9. The van der Waals surface area contributed by atoms with Gasteiger partial charge in [-0.15, -0.1) is 0 Å². The van der Waals surface area contributed by atoms with E-state index in [1.807, 2.05) is 55.5 Å². The molecule has 5 rings (SSSR count). The number of carbonyl (C=O) groups excluding carboxylic acids is 1. The van der Waals surface area contributed by atoms with Gasteiger partial charge in [0.05, 0.1) is 5.75 Å². The summed E-state index contributed by atoms with van der Waals surface area (Å²) in [5.74, 6) is 0.946. The van der Waals surface area contributed by atoms with Crippen molar-refractivity contribution in [2.75, 3.05) is 16.9 Å². The number of aromatic nitrogens is 2. The minimum atomic E-state index is -3.15. The van der Waals surface area contributed by atoms with Crippen LogP contribution in [0, 0.1) is 6.92 Å². The van der Waals surface area contributed by atoms with Crippen LogP contribution in [0.4, 0.5) is 17.3 Å². The summed E-state index contributed by atoms with van der Waals surface area (Å²) in [6.07, 6.45) is 2.77. The standard InChI is InChI=1S/C30H26N4O4S/c1-20-6-3-9-23(16-20)32-29(35)27-11-5-8-22-18-25(12-13-26(22)27)38-28-14-15-31-30(34-28)33-24-10-4-7-21(17-24)19-39(2,36)37/h3-18H,19H2,1-2H3,(H,32,35)(H,31,33,34). The third kappa shape index (κ3) is 6.77. The van der Waals surface area contributed by atoms with Gasteiger partial charge in [0.15, 0.2) is 9.84 Å². The van der Waals surface area contributed by atoms with Gasteiger partial charge >= 0.3 is 0 Å². The molecule has 0 saturated carbocycles. The quantitative estimate of drug-likeness (QED) is 0.240. The van der Waals surface area contributed by atoms with E-state index in [2.05, 4.69) is 20.6 Å². The lowest BCUT2D eigenvalue weighted by Crippen LogP contribution is -2.12. The molecule has 39 heavy (non-hydrogen) atoms. The van der Waals surface area contributed by atoms with Gasteiger partial charge < -0.3 is 15.4 Å². The van der Waals surface area contributed by atoms with E-state index in [1.165, 1.54) is 6.26 Å². The number of fused-ring (bicyclic) bond motifs is 1. The van der Waals surface area contributed by atoms with Crippen LogP contribution >= 0.6 is 0 Å². The largest absolute Gasteiger partial charge is 0.439 e. The Bertz CT molecular complexity index is 1790. The summed E-state index contributed by atoms with van der Waals surface area (Å²) in [6.45, 7) is 1.98. The van der Waals surface area contributed by atoms with Gasteiger partial charge in [-0.1, -0.05) is 36.4 Å². The molecule has 0 spiro atoms. The molecule has 0 bridgehead atoms. The molecular formula is C30H26N4O4S. The van der Waals surface area contributed by atoms with Crippen LogP contribution in [-0.2, 0) is 15.6 Å². The van der Waals surface area contributed by atoms with Crippen molar-refractivity contribution in [3.63, 3.8) is 0 Å². The Morgan fingerprint density at radius 2 is 1.69 bits per heavy atom. The zero-order valence-electron chi connectivity index (χ0n) is 21.4. The van der Waals surface area contributed by atoms with Crippen molar-refractivity contribution in [3.8, 4) is 11.6 Å². The van der Waals surface area contributed by atoms with Crippen LogP contribution in [0.1, 0.15) is 21.5 Å². The van der Waals surface area contributed by atoms with E-state index in [4.69, 9.17) is 4.74 Å². The van der Waals surface area contributed by atoms with Gasteiger partial charge in [0.1, 0.15) is 5.75 Å². The SMILES string of the molecule is Cc1cccc(NC(=O)c2cccc3cc(Oc4ccnc(Nc5cccc(CS(C)(=O)=O)c5)n4)ccc23)c1. The molecule has 0 aliphatic heterocycles. The first-order chi connectivity index (χ1) is 18.7. The first-order valence-corrected chi connectivity index (χ1v) is 14.2. The number of hydrogen-bond donors (Lipinski definition) is 2. The maximum absolute atomic E-state index is 13.0. The first kappa shape index (κ1) is 25.9. The molecule has 1 aromatic heterocycles. The third-order valence-corrected chi connectivity index (χ3v) is 6.69. The summed E-state index contributed by atoms with van der Waals surface area (Å²) >= 11 is 0. The van der Waals surface area contributed by atoms with Crippen LogP contribution in [0.5, 0.6) is 11.6 Å². The number of benzene rings is 4. The van der Waals surface area contributed by atoms with E-state index in [-0.39, 0.29) is 11.7 Å². The zero-order chi connectivity index (χ0) is 27.4. The summed E-state index contributed by atoms with van der Waals surface area (Å²) in [4.78, 5) is 21.7. The maximum Gasteiger partial charge on any atom is 0.256 e. The second-order valence-electron chi connectivity index (χ2n) is 9.23. The molecule has 0 fully saturated rings. The van der Waals surface area contributed by atoms with E-state index >= 15 is 0 Å². The average Bonchev–Trinajstić information content (AvgIpc) is 2.88. The molecule has 5 aromatic rings. The predicted octanol–water partition coefficient (Wildman–Crippen LogP) is 6.27. The summed E-state index contributed by atoms with van der Waals surface area (Å²) in [7, 11) is -3.15. The van der Waals surface area contributed by atoms with E-state index in [9.17, 15) is 13.2 Å². The van der Waals surface area contributed by atoms with Crippen molar-refractivity contribution < 1.29 is 17.9 Å². The topological polar surface area (TPSA) is 110 Å². The number of anilines is 3. The lowest BCUT2D eigenvalue weighted by atomic mass is 10.0. The lowest BCUT2D eigenvalue weighted by molar-refractivity contribution is 0.102. The molecule has 1 amide bonds. The van der Waals surface area contributed by atoms with E-state index < -0.39 is 9.84 Å². The van der Waals surface area contributed by atoms with Gasteiger partial charge in [0.25, 0.3) is 5.91 Å². The van der Waals surface area contributed by atoms with Crippen LogP contribution in [-0.4, -0.2) is 30.5 Å². The summed E-state index contributed by atoms with van der Waals surface area (Å²) in [5.41, 5.74) is 3.70. The molecule has 4 aromatic carbocycles. The number of rotatable bonds is 8. The molecule has 0 saturated heterocycles. The fourth-order valence-corrected chi connectivity index (χ4v) is 4.98. The van der Waals surface area contributed by atoms with Gasteiger partial charge in [-0.2, -0.15) is 4.98 Å². The highest BCUT2D eigenvalue weighted by Crippen LogP contribution is 2.28. The number of hydrogen-bond acceptors (Lipinski definition) is 7.